The van der Waals surface area contributed by atoms with E-state index in [4.69, 9.17) is 9.47 Å². The van der Waals surface area contributed by atoms with Crippen LogP contribution >= 0.6 is 23.1 Å². The molecule has 0 bridgehead atoms. The van der Waals surface area contributed by atoms with Crippen LogP contribution < -0.4 is 20.1 Å². The van der Waals surface area contributed by atoms with Gasteiger partial charge in [-0.1, -0.05) is 23.1 Å². The molecular formula is C23H23N7O4S2. The number of nitrogens with one attached hydrogen (secondary N) is 2. The van der Waals surface area contributed by atoms with Crippen molar-refractivity contribution in [2.45, 2.75) is 18.6 Å². The Hall–Kier alpha value is -3.97. The maximum atomic E-state index is 12.7. The SMILES string of the molecule is COc1ccc(C(=O)NCc2nnc(SCC(=O)Nc3nnc(C)s3)n2-c2ccc(OC)cc2)cc1. The largest absolute Gasteiger partial charge is 0.497 e. The highest BCUT2D eigenvalue weighted by Crippen LogP contribution is 2.24. The number of aryl methyl sites for hydroxylation is 1. The van der Waals surface area contributed by atoms with Crippen molar-refractivity contribution in [2.75, 3.05) is 25.3 Å². The summed E-state index contributed by atoms with van der Waals surface area (Å²) >= 11 is 2.52. The van der Waals surface area contributed by atoms with E-state index in [1.807, 2.05) is 31.2 Å². The number of rotatable bonds is 10. The van der Waals surface area contributed by atoms with E-state index in [0.717, 1.165) is 10.7 Å². The molecule has 4 rings (SSSR count). The van der Waals surface area contributed by atoms with Crippen LogP contribution in [-0.4, -0.2) is 56.7 Å². The second-order valence-electron chi connectivity index (χ2n) is 7.31. The molecule has 0 spiro atoms. The van der Waals surface area contributed by atoms with Gasteiger partial charge < -0.3 is 14.8 Å². The van der Waals surface area contributed by atoms with Crippen LogP contribution in [0, 0.1) is 6.92 Å². The predicted octanol–water partition coefficient (Wildman–Crippen LogP) is 3.11. The zero-order valence-corrected chi connectivity index (χ0v) is 21.4. The topological polar surface area (TPSA) is 133 Å². The monoisotopic (exact) mass is 525 g/mol. The minimum atomic E-state index is -0.261. The number of benzene rings is 2. The van der Waals surface area contributed by atoms with Crippen molar-refractivity contribution in [1.29, 1.82) is 0 Å². The van der Waals surface area contributed by atoms with Crippen molar-refractivity contribution in [3.8, 4) is 17.2 Å². The summed E-state index contributed by atoms with van der Waals surface area (Å²) in [4.78, 5) is 25.1. The molecule has 0 saturated carbocycles. The molecule has 2 aromatic heterocycles. The predicted molar refractivity (Wildman–Crippen MR) is 136 cm³/mol. The number of methoxy groups -OCH3 is 2. The van der Waals surface area contributed by atoms with E-state index in [1.54, 1.807) is 43.1 Å². The van der Waals surface area contributed by atoms with Crippen LogP contribution in [0.2, 0.25) is 0 Å². The lowest BCUT2D eigenvalue weighted by Crippen LogP contribution is -2.24. The minimum absolute atomic E-state index is 0.0884. The molecule has 2 amide bonds. The number of nitrogens with zero attached hydrogens (tertiary/aromatic N) is 5. The molecule has 36 heavy (non-hydrogen) atoms. The number of amides is 2. The molecule has 13 heteroatoms. The fraction of sp³-hybridized carbons (Fsp3) is 0.217. The molecule has 11 nitrogen and oxygen atoms in total. The second kappa shape index (κ2) is 11.6. The van der Waals surface area contributed by atoms with Gasteiger partial charge in [-0.2, -0.15) is 0 Å². The first-order valence-electron chi connectivity index (χ1n) is 10.7. The Labute approximate surface area is 215 Å². The van der Waals surface area contributed by atoms with Crippen LogP contribution in [0.5, 0.6) is 11.5 Å². The molecule has 0 fully saturated rings. The van der Waals surface area contributed by atoms with Crippen LogP contribution in [0.3, 0.4) is 0 Å². The number of thioether (sulfide) groups is 1. The second-order valence-corrected chi connectivity index (χ2v) is 9.43. The summed E-state index contributed by atoms with van der Waals surface area (Å²) in [5, 5.41) is 23.6. The summed E-state index contributed by atoms with van der Waals surface area (Å²) in [6.45, 7) is 1.94. The van der Waals surface area contributed by atoms with Gasteiger partial charge in [0.1, 0.15) is 16.5 Å². The Morgan fingerprint density at radius 2 is 1.61 bits per heavy atom. The fourth-order valence-corrected chi connectivity index (χ4v) is 4.51. The van der Waals surface area contributed by atoms with Crippen molar-refractivity contribution in [3.63, 3.8) is 0 Å². The van der Waals surface area contributed by atoms with Crippen molar-refractivity contribution in [2.24, 2.45) is 0 Å². The van der Waals surface area contributed by atoms with Crippen molar-refractivity contribution in [3.05, 3.63) is 64.9 Å². The quantitative estimate of drug-likeness (QED) is 0.300. The molecule has 0 aliphatic heterocycles. The summed E-state index contributed by atoms with van der Waals surface area (Å²) in [5.41, 5.74) is 1.25. The third-order valence-corrected chi connectivity index (χ3v) is 6.58. The average Bonchev–Trinajstić information content (AvgIpc) is 3.51. The smallest absolute Gasteiger partial charge is 0.251 e. The lowest BCUT2D eigenvalue weighted by Gasteiger charge is -2.12. The third-order valence-electron chi connectivity index (χ3n) is 4.90. The van der Waals surface area contributed by atoms with E-state index in [9.17, 15) is 9.59 Å². The Morgan fingerprint density at radius 3 is 2.22 bits per heavy atom. The van der Waals surface area contributed by atoms with Gasteiger partial charge in [-0.15, -0.1) is 20.4 Å². The van der Waals surface area contributed by atoms with Crippen LogP contribution in [0.4, 0.5) is 5.13 Å². The summed E-state index contributed by atoms with van der Waals surface area (Å²) in [6, 6.07) is 14.1. The summed E-state index contributed by atoms with van der Waals surface area (Å²) in [5.74, 6) is 1.45. The van der Waals surface area contributed by atoms with Gasteiger partial charge in [-0.25, -0.2) is 0 Å². The molecular weight excluding hydrogens is 502 g/mol. The first-order valence-corrected chi connectivity index (χ1v) is 12.5. The third kappa shape index (κ3) is 6.17. The highest BCUT2D eigenvalue weighted by molar-refractivity contribution is 7.99. The highest BCUT2D eigenvalue weighted by Gasteiger charge is 2.18. The van der Waals surface area contributed by atoms with Crippen LogP contribution in [-0.2, 0) is 11.3 Å². The molecule has 0 aliphatic rings. The Balaban J connectivity index is 1.50. The van der Waals surface area contributed by atoms with Gasteiger partial charge in [0.25, 0.3) is 5.91 Å². The van der Waals surface area contributed by atoms with Crippen LogP contribution in [0.25, 0.3) is 5.69 Å². The maximum Gasteiger partial charge on any atom is 0.251 e. The summed E-state index contributed by atoms with van der Waals surface area (Å²) in [7, 11) is 3.16. The molecule has 0 atom stereocenters. The lowest BCUT2D eigenvalue weighted by atomic mass is 10.2. The normalized spacial score (nSPS) is 10.6. The fourth-order valence-electron chi connectivity index (χ4n) is 3.14. The molecule has 2 N–H and O–H groups in total. The van der Waals surface area contributed by atoms with Gasteiger partial charge in [-0.05, 0) is 55.5 Å². The van der Waals surface area contributed by atoms with Crippen molar-refractivity contribution in [1.82, 2.24) is 30.3 Å². The van der Waals surface area contributed by atoms with Gasteiger partial charge in [0, 0.05) is 11.3 Å². The number of aromatic nitrogens is 5. The van der Waals surface area contributed by atoms with Gasteiger partial charge in [0.2, 0.25) is 11.0 Å². The Morgan fingerprint density at radius 1 is 0.944 bits per heavy atom. The van der Waals surface area contributed by atoms with Crippen LogP contribution in [0.1, 0.15) is 21.2 Å². The van der Waals surface area contributed by atoms with Crippen LogP contribution in [0.15, 0.2) is 53.7 Å². The van der Waals surface area contributed by atoms with E-state index >= 15 is 0 Å². The van der Waals surface area contributed by atoms with E-state index in [1.165, 1.54) is 23.1 Å². The number of ether oxygens (including phenoxy) is 2. The Bertz CT molecular complexity index is 1340. The lowest BCUT2D eigenvalue weighted by molar-refractivity contribution is -0.113. The number of hydrogen-bond donors (Lipinski definition) is 2. The molecule has 2 heterocycles. The van der Waals surface area contributed by atoms with E-state index in [0.29, 0.717) is 33.2 Å². The molecule has 0 saturated heterocycles. The zero-order chi connectivity index (χ0) is 25.5. The van der Waals surface area contributed by atoms with Gasteiger partial charge in [0.05, 0.1) is 26.5 Å². The molecule has 0 radical (unpaired) electrons. The van der Waals surface area contributed by atoms with E-state index < -0.39 is 0 Å². The summed E-state index contributed by atoms with van der Waals surface area (Å²) in [6.07, 6.45) is 0. The van der Waals surface area contributed by atoms with E-state index in [-0.39, 0.29) is 24.1 Å². The number of carbonyl (C=O) groups is 2. The molecule has 0 aliphatic carbocycles. The first kappa shape index (κ1) is 25.1. The standard InChI is InChI=1S/C23H23N7O4S2/c1-14-26-28-22(36-14)25-20(31)13-35-23-29-27-19(30(23)16-6-10-18(34-3)11-7-16)12-24-21(32)15-4-8-17(33-2)9-5-15/h4-11H,12-13H2,1-3H3,(H,24,32)(H,25,28,31). The molecule has 0 unspecified atom stereocenters. The van der Waals surface area contributed by atoms with E-state index in [2.05, 4.69) is 31.0 Å². The van der Waals surface area contributed by atoms with Crippen molar-refractivity contribution >= 4 is 40.0 Å². The molecule has 4 aromatic rings. The van der Waals surface area contributed by atoms with Gasteiger partial charge >= 0.3 is 0 Å². The molecule has 2 aromatic carbocycles. The van der Waals surface area contributed by atoms with Crippen molar-refractivity contribution < 1.29 is 19.1 Å². The highest BCUT2D eigenvalue weighted by atomic mass is 32.2. The average molecular weight is 526 g/mol. The minimum Gasteiger partial charge on any atom is -0.497 e. The Kier molecular flexibility index (Phi) is 8.13. The summed E-state index contributed by atoms with van der Waals surface area (Å²) < 4.78 is 12.2. The zero-order valence-electron chi connectivity index (χ0n) is 19.7. The number of carbonyl (C=O) groups excluding carboxylic acids is 2. The first-order chi connectivity index (χ1) is 17.5. The number of hydrogen-bond acceptors (Lipinski definition) is 10. The molecule has 186 valence electrons. The van der Waals surface area contributed by atoms with Gasteiger partial charge in [0.15, 0.2) is 11.0 Å². The number of anilines is 1. The maximum absolute atomic E-state index is 12.7. The van der Waals surface area contributed by atoms with Gasteiger partial charge in [-0.3, -0.25) is 19.5 Å².